The summed E-state index contributed by atoms with van der Waals surface area (Å²) in [7, 11) is 0. The average molecular weight is 480 g/mol. The van der Waals surface area contributed by atoms with Crippen molar-refractivity contribution in [3.63, 3.8) is 0 Å². The van der Waals surface area contributed by atoms with E-state index in [0.717, 1.165) is 70.4 Å². The van der Waals surface area contributed by atoms with E-state index < -0.39 is 0 Å². The van der Waals surface area contributed by atoms with Crippen molar-refractivity contribution in [3.05, 3.63) is 59.2 Å². The molecular weight excluding hydrogens is 450 g/mol. The molecule has 1 saturated heterocycles. The summed E-state index contributed by atoms with van der Waals surface area (Å²) in [5, 5.41) is 23.9. The van der Waals surface area contributed by atoms with E-state index in [9.17, 15) is 15.3 Å². The van der Waals surface area contributed by atoms with Gasteiger partial charge in [0.15, 0.2) is 12.4 Å². The third-order valence-corrected chi connectivity index (χ3v) is 8.29. The Labute approximate surface area is 210 Å². The van der Waals surface area contributed by atoms with E-state index in [2.05, 4.69) is 21.9 Å². The fraction of sp³-hybridized carbons (Fsp3) is 0.448. The first kappa shape index (κ1) is 21.6. The summed E-state index contributed by atoms with van der Waals surface area (Å²) in [6.45, 7) is 2.18. The Hall–Kier alpha value is -3.66. The first-order valence-electron chi connectivity index (χ1n) is 13.2. The lowest BCUT2D eigenvalue weighted by molar-refractivity contribution is -0.603. The van der Waals surface area contributed by atoms with Crippen LogP contribution in [0.2, 0.25) is 0 Å². The monoisotopic (exact) mass is 479 g/mol. The number of nitriles is 1. The number of amides is 1. The van der Waals surface area contributed by atoms with Crippen LogP contribution in [0, 0.1) is 28.4 Å². The van der Waals surface area contributed by atoms with Gasteiger partial charge < -0.3 is 15.0 Å². The smallest absolute Gasteiger partial charge is 0.226 e. The third-order valence-electron chi connectivity index (χ3n) is 8.29. The lowest BCUT2D eigenvalue weighted by Crippen LogP contribution is -2.57. The van der Waals surface area contributed by atoms with Gasteiger partial charge in [0, 0.05) is 53.9 Å². The van der Waals surface area contributed by atoms with Gasteiger partial charge in [0.05, 0.1) is 17.3 Å². The summed E-state index contributed by atoms with van der Waals surface area (Å²) in [5.41, 5.74) is 3.64. The number of rotatable bonds is 5. The highest BCUT2D eigenvalue weighted by Crippen LogP contribution is 2.46. The van der Waals surface area contributed by atoms with E-state index >= 15 is 0 Å². The van der Waals surface area contributed by atoms with Crippen molar-refractivity contribution in [2.45, 2.75) is 50.5 Å². The molecule has 7 heteroatoms. The molecule has 4 fully saturated rings. The van der Waals surface area contributed by atoms with Crippen molar-refractivity contribution >= 4 is 22.5 Å². The van der Waals surface area contributed by atoms with Gasteiger partial charge >= 0.3 is 0 Å². The van der Waals surface area contributed by atoms with Crippen LogP contribution in [0.1, 0.15) is 55.7 Å². The molecular formula is C29H29N5O2. The molecule has 1 atom stereocenters. The molecule has 0 unspecified atom stereocenters. The second-order valence-corrected chi connectivity index (χ2v) is 10.9. The number of carbonyl (C=O) groups is 1. The molecule has 1 amide bonds. The first-order chi connectivity index (χ1) is 17.6. The van der Waals surface area contributed by atoms with Crippen molar-refractivity contribution in [2.75, 3.05) is 24.5 Å². The van der Waals surface area contributed by atoms with Crippen LogP contribution in [-0.4, -0.2) is 41.5 Å². The Bertz CT molecular complexity index is 1420. The molecule has 3 heterocycles. The minimum atomic E-state index is 0.223. The number of aromatic nitrogens is 2. The van der Waals surface area contributed by atoms with Gasteiger partial charge in [0.1, 0.15) is 11.9 Å². The summed E-state index contributed by atoms with van der Waals surface area (Å²) in [4.78, 5) is 22.6. The van der Waals surface area contributed by atoms with Crippen LogP contribution in [0.5, 0.6) is 0 Å². The van der Waals surface area contributed by atoms with Crippen molar-refractivity contribution in [1.82, 2.24) is 9.88 Å². The molecule has 0 N–H and O–H groups in total. The molecule has 0 spiro atoms. The minimum absolute atomic E-state index is 0.223. The predicted octanol–water partition coefficient (Wildman–Crippen LogP) is 4.12. The van der Waals surface area contributed by atoms with Crippen LogP contribution >= 0.6 is 0 Å². The molecule has 2 aromatic heterocycles. The zero-order chi connectivity index (χ0) is 24.4. The second-order valence-electron chi connectivity index (χ2n) is 10.9. The molecule has 1 aromatic carbocycles. The highest BCUT2D eigenvalue weighted by Gasteiger charge is 2.45. The van der Waals surface area contributed by atoms with Gasteiger partial charge in [0.25, 0.3) is 0 Å². The highest BCUT2D eigenvalue weighted by atomic mass is 16.5. The van der Waals surface area contributed by atoms with E-state index in [-0.39, 0.29) is 12.0 Å². The Morgan fingerprint density at radius 1 is 1.08 bits per heavy atom. The number of nitrogens with zero attached hydrogens (tertiary/aromatic N) is 5. The average Bonchev–Trinajstić information content (AvgIpc) is 3.76. The number of fused-ring (bicyclic) bond motifs is 1. The van der Waals surface area contributed by atoms with Gasteiger partial charge in [-0.2, -0.15) is 9.99 Å². The van der Waals surface area contributed by atoms with Crippen molar-refractivity contribution in [2.24, 2.45) is 11.8 Å². The number of benzene rings is 1. The molecule has 1 aliphatic heterocycles. The molecule has 36 heavy (non-hydrogen) atoms. The van der Waals surface area contributed by atoms with Crippen LogP contribution in [-0.2, 0) is 4.79 Å². The number of anilines is 1. The van der Waals surface area contributed by atoms with Gasteiger partial charge in [-0.1, -0.05) is 12.1 Å². The van der Waals surface area contributed by atoms with Gasteiger partial charge in [-0.3, -0.25) is 4.79 Å². The summed E-state index contributed by atoms with van der Waals surface area (Å²) < 4.78 is 0.819. The standard InChI is InChI=1S/C29H29N5O2/c30-15-22-14-25(24-3-1-2-21-16-33(36)11-10-23(21)24)27(19-6-7-19)31-28(22)32-12-13-34(29(35)20-8-9-20)26(17-32)18-4-5-18/h1-3,10-11,14,16,18-20,26H,4-9,12-13,17H2/t26-/m0/s1. The summed E-state index contributed by atoms with van der Waals surface area (Å²) >= 11 is 0. The topological polar surface area (TPSA) is 87.2 Å². The Kier molecular flexibility index (Phi) is 4.92. The molecule has 7 nitrogen and oxygen atoms in total. The van der Waals surface area contributed by atoms with Crippen molar-refractivity contribution in [3.8, 4) is 17.2 Å². The van der Waals surface area contributed by atoms with Gasteiger partial charge in [0.2, 0.25) is 5.91 Å². The first-order valence-corrected chi connectivity index (χ1v) is 13.2. The Morgan fingerprint density at radius 2 is 1.92 bits per heavy atom. The summed E-state index contributed by atoms with van der Waals surface area (Å²) in [5.74, 6) is 2.31. The summed E-state index contributed by atoms with van der Waals surface area (Å²) in [6, 6.07) is 12.5. The summed E-state index contributed by atoms with van der Waals surface area (Å²) in [6.07, 6.45) is 9.75. The Morgan fingerprint density at radius 3 is 2.64 bits per heavy atom. The number of hydrogen-bond acceptors (Lipinski definition) is 5. The van der Waals surface area contributed by atoms with Crippen LogP contribution < -0.4 is 9.63 Å². The SMILES string of the molecule is N#Cc1cc(-c2cccc3c[n+]([O-])ccc23)c(C2CC2)nc1N1CCN(C(=O)C2CC2)[C@H](C2CC2)C1. The maximum absolute atomic E-state index is 13.0. The molecule has 182 valence electrons. The third kappa shape index (κ3) is 3.76. The fourth-order valence-electron chi connectivity index (χ4n) is 5.89. The molecule has 0 radical (unpaired) electrons. The fourth-order valence-corrected chi connectivity index (χ4v) is 5.89. The van der Waals surface area contributed by atoms with Gasteiger partial charge in [-0.25, -0.2) is 4.98 Å². The van der Waals surface area contributed by atoms with Crippen LogP contribution in [0.4, 0.5) is 5.82 Å². The predicted molar refractivity (Wildman–Crippen MR) is 136 cm³/mol. The molecule has 0 bridgehead atoms. The zero-order valence-electron chi connectivity index (χ0n) is 20.3. The lowest BCUT2D eigenvalue weighted by atomic mass is 9.95. The van der Waals surface area contributed by atoms with Gasteiger partial charge in [-0.15, -0.1) is 0 Å². The van der Waals surface area contributed by atoms with Crippen LogP contribution in [0.25, 0.3) is 21.9 Å². The second kappa shape index (κ2) is 8.19. The van der Waals surface area contributed by atoms with E-state index in [1.807, 2.05) is 24.3 Å². The molecule has 3 aliphatic carbocycles. The van der Waals surface area contributed by atoms with E-state index in [0.29, 0.717) is 36.4 Å². The molecule has 4 aliphatic rings. The lowest BCUT2D eigenvalue weighted by Gasteiger charge is -2.43. The zero-order valence-corrected chi connectivity index (χ0v) is 20.3. The van der Waals surface area contributed by atoms with Crippen molar-refractivity contribution in [1.29, 1.82) is 5.26 Å². The largest absolute Gasteiger partial charge is 0.619 e. The Balaban J connectivity index is 1.28. The van der Waals surface area contributed by atoms with E-state index in [1.165, 1.54) is 19.0 Å². The highest BCUT2D eigenvalue weighted by molar-refractivity contribution is 5.97. The number of pyridine rings is 2. The van der Waals surface area contributed by atoms with Crippen LogP contribution in [0.3, 0.4) is 0 Å². The maximum Gasteiger partial charge on any atom is 0.226 e. The molecule has 3 saturated carbocycles. The minimum Gasteiger partial charge on any atom is -0.619 e. The quantitative estimate of drug-likeness (QED) is 0.406. The van der Waals surface area contributed by atoms with Crippen molar-refractivity contribution < 1.29 is 9.52 Å². The van der Waals surface area contributed by atoms with E-state index in [4.69, 9.17) is 4.98 Å². The number of carbonyl (C=O) groups excluding carboxylic acids is 1. The van der Waals surface area contributed by atoms with Crippen LogP contribution in [0.15, 0.2) is 42.7 Å². The van der Waals surface area contributed by atoms with E-state index in [1.54, 1.807) is 6.20 Å². The maximum atomic E-state index is 13.0. The number of hydrogen-bond donors (Lipinski definition) is 0. The normalized spacial score (nSPS) is 22.0. The number of piperazine rings is 1. The van der Waals surface area contributed by atoms with Gasteiger partial charge in [-0.05, 0) is 62.1 Å². The molecule has 7 rings (SSSR count). The molecule has 3 aromatic rings.